The van der Waals surface area contributed by atoms with Gasteiger partial charge in [0.05, 0.1) is 0 Å². The molecular formula is C6H6O4S2. The van der Waals surface area contributed by atoms with Crippen molar-refractivity contribution in [1.29, 1.82) is 0 Å². The Balaban J connectivity index is 1.93. The zero-order valence-corrected chi connectivity index (χ0v) is 7.65. The van der Waals surface area contributed by atoms with Gasteiger partial charge in [0.2, 0.25) is 0 Å². The van der Waals surface area contributed by atoms with Gasteiger partial charge in [0.25, 0.3) is 0 Å². The molecule has 0 radical (unpaired) electrons. The van der Waals surface area contributed by atoms with Crippen LogP contribution in [0, 0.1) is 0 Å². The highest BCUT2D eigenvalue weighted by atomic mass is 32.1. The molecule has 0 aromatic carbocycles. The zero-order valence-electron chi connectivity index (χ0n) is 6.02. The van der Waals surface area contributed by atoms with Crippen LogP contribution in [0.4, 0.5) is 0 Å². The minimum atomic E-state index is -0.182. The molecule has 0 bridgehead atoms. The molecule has 6 heteroatoms. The Labute approximate surface area is 79.7 Å². The lowest BCUT2D eigenvalue weighted by atomic mass is 10.2. The molecule has 4 nitrogen and oxygen atoms in total. The molecule has 2 saturated heterocycles. The molecule has 0 saturated carbocycles. The van der Waals surface area contributed by atoms with Crippen LogP contribution in [0.5, 0.6) is 0 Å². The molecule has 0 aromatic rings. The minimum Gasteiger partial charge on any atom is -0.453 e. The quantitative estimate of drug-likeness (QED) is 0.578. The van der Waals surface area contributed by atoms with Crippen molar-refractivity contribution in [2.45, 2.75) is 12.2 Å². The fourth-order valence-electron chi connectivity index (χ4n) is 1.05. The molecule has 12 heavy (non-hydrogen) atoms. The van der Waals surface area contributed by atoms with E-state index in [0.717, 1.165) is 0 Å². The van der Waals surface area contributed by atoms with Crippen molar-refractivity contribution in [1.82, 2.24) is 0 Å². The van der Waals surface area contributed by atoms with Gasteiger partial charge in [0, 0.05) is 24.4 Å². The first-order valence-corrected chi connectivity index (χ1v) is 4.24. The fraction of sp³-hybridized carbons (Fsp3) is 0.667. The molecular weight excluding hydrogens is 200 g/mol. The van der Waals surface area contributed by atoms with E-state index in [0.29, 0.717) is 13.2 Å². The van der Waals surface area contributed by atoms with Gasteiger partial charge in [-0.1, -0.05) is 0 Å². The van der Waals surface area contributed by atoms with Crippen LogP contribution >= 0.6 is 24.4 Å². The van der Waals surface area contributed by atoms with Gasteiger partial charge in [-0.15, -0.1) is 0 Å². The first-order valence-electron chi connectivity index (χ1n) is 3.42. The number of hydrogen-bond acceptors (Lipinski definition) is 6. The summed E-state index contributed by atoms with van der Waals surface area (Å²) in [6, 6.07) is 0. The van der Waals surface area contributed by atoms with Gasteiger partial charge >= 0.3 is 10.5 Å². The van der Waals surface area contributed by atoms with Crippen LogP contribution in [0.2, 0.25) is 0 Å². The predicted molar refractivity (Wildman–Crippen MR) is 46.8 cm³/mol. The van der Waals surface area contributed by atoms with E-state index in [2.05, 4.69) is 24.4 Å². The third-order valence-corrected chi connectivity index (χ3v) is 2.07. The molecule has 2 aliphatic rings. The maximum Gasteiger partial charge on any atom is 0.352 e. The van der Waals surface area contributed by atoms with Crippen LogP contribution in [0.15, 0.2) is 0 Å². The van der Waals surface area contributed by atoms with Crippen LogP contribution in [0.3, 0.4) is 0 Å². The Morgan fingerprint density at radius 2 is 1.33 bits per heavy atom. The highest BCUT2D eigenvalue weighted by molar-refractivity contribution is 7.80. The van der Waals surface area contributed by atoms with Crippen molar-refractivity contribution >= 4 is 34.9 Å². The van der Waals surface area contributed by atoms with Crippen molar-refractivity contribution < 1.29 is 18.9 Å². The summed E-state index contributed by atoms with van der Waals surface area (Å²) in [5.74, 6) is 0. The highest BCUT2D eigenvalue weighted by Gasteiger charge is 2.37. The second-order valence-electron chi connectivity index (χ2n) is 2.43. The van der Waals surface area contributed by atoms with Crippen molar-refractivity contribution in [3.8, 4) is 0 Å². The molecule has 2 aliphatic heterocycles. The average molecular weight is 206 g/mol. The Morgan fingerprint density at radius 1 is 0.917 bits per heavy atom. The van der Waals surface area contributed by atoms with Gasteiger partial charge in [-0.05, 0) is 0 Å². The molecule has 0 spiro atoms. The molecule has 2 heterocycles. The van der Waals surface area contributed by atoms with Gasteiger partial charge in [-0.25, -0.2) is 0 Å². The van der Waals surface area contributed by atoms with E-state index >= 15 is 0 Å². The fourth-order valence-corrected chi connectivity index (χ4v) is 1.43. The van der Waals surface area contributed by atoms with E-state index < -0.39 is 0 Å². The largest absolute Gasteiger partial charge is 0.453 e. The lowest BCUT2D eigenvalue weighted by molar-refractivity contribution is 0.0768. The topological polar surface area (TPSA) is 36.9 Å². The average Bonchev–Trinajstić information content (AvgIpc) is 2.58. The lowest BCUT2D eigenvalue weighted by Crippen LogP contribution is -2.30. The van der Waals surface area contributed by atoms with Gasteiger partial charge in [0.15, 0.2) is 12.2 Å². The zero-order chi connectivity index (χ0) is 8.55. The summed E-state index contributed by atoms with van der Waals surface area (Å²) in [5.41, 5.74) is 0. The summed E-state index contributed by atoms with van der Waals surface area (Å²) in [6.07, 6.45) is -0.365. The van der Waals surface area contributed by atoms with Gasteiger partial charge < -0.3 is 18.9 Å². The van der Waals surface area contributed by atoms with Crippen molar-refractivity contribution in [2.75, 3.05) is 13.2 Å². The van der Waals surface area contributed by atoms with E-state index in [1.54, 1.807) is 0 Å². The number of ether oxygens (including phenoxy) is 4. The highest BCUT2D eigenvalue weighted by Crippen LogP contribution is 2.18. The summed E-state index contributed by atoms with van der Waals surface area (Å²) in [4.78, 5) is 0. The van der Waals surface area contributed by atoms with E-state index in [9.17, 15) is 0 Å². The molecule has 0 unspecified atom stereocenters. The number of thiocarbonyl (C=S) groups is 2. The van der Waals surface area contributed by atoms with Crippen LogP contribution in [-0.4, -0.2) is 35.9 Å². The molecule has 0 amide bonds. The van der Waals surface area contributed by atoms with E-state index in [4.69, 9.17) is 18.9 Å². The third-order valence-electron chi connectivity index (χ3n) is 1.64. The SMILES string of the molecule is S=C1OC[C@@H]([C@@H]2COC(=S)O2)O1. The Kier molecular flexibility index (Phi) is 2.02. The molecule has 2 fully saturated rings. The first-order chi connectivity index (χ1) is 5.75. The van der Waals surface area contributed by atoms with E-state index in [1.807, 2.05) is 0 Å². The molecule has 2 rings (SSSR count). The van der Waals surface area contributed by atoms with Gasteiger partial charge in [-0.3, -0.25) is 0 Å². The summed E-state index contributed by atoms with van der Waals surface area (Å²) in [6.45, 7) is 0.824. The molecule has 66 valence electrons. The smallest absolute Gasteiger partial charge is 0.352 e. The van der Waals surface area contributed by atoms with E-state index in [1.165, 1.54) is 0 Å². The molecule has 2 atom stereocenters. The maximum absolute atomic E-state index is 5.14. The Hall–Kier alpha value is -0.620. The Bertz CT molecular complexity index is 206. The molecule has 0 aromatic heterocycles. The first kappa shape index (κ1) is 8.00. The molecule has 0 N–H and O–H groups in total. The van der Waals surface area contributed by atoms with Crippen molar-refractivity contribution in [3.05, 3.63) is 0 Å². The second kappa shape index (κ2) is 3.02. The summed E-state index contributed by atoms with van der Waals surface area (Å²) >= 11 is 9.37. The summed E-state index contributed by atoms with van der Waals surface area (Å²) in [5, 5.41) is 0.336. The van der Waals surface area contributed by atoms with Gasteiger partial charge in [-0.2, -0.15) is 0 Å². The number of rotatable bonds is 1. The normalized spacial score (nSPS) is 33.7. The van der Waals surface area contributed by atoms with Crippen molar-refractivity contribution in [2.24, 2.45) is 0 Å². The third kappa shape index (κ3) is 1.44. The minimum absolute atomic E-state index is 0.168. The summed E-state index contributed by atoms with van der Waals surface area (Å²) in [7, 11) is 0. The maximum atomic E-state index is 5.14. The second-order valence-corrected chi connectivity index (χ2v) is 3.10. The van der Waals surface area contributed by atoms with Crippen LogP contribution in [-0.2, 0) is 18.9 Å². The summed E-state index contributed by atoms with van der Waals surface area (Å²) < 4.78 is 20.2. The number of hydrogen-bond donors (Lipinski definition) is 0. The monoisotopic (exact) mass is 206 g/mol. The predicted octanol–water partition coefficient (Wildman–Crippen LogP) is 0.387. The van der Waals surface area contributed by atoms with Crippen LogP contribution in [0.25, 0.3) is 0 Å². The van der Waals surface area contributed by atoms with Gasteiger partial charge in [0.1, 0.15) is 13.2 Å². The van der Waals surface area contributed by atoms with Crippen LogP contribution < -0.4 is 0 Å². The van der Waals surface area contributed by atoms with Crippen molar-refractivity contribution in [3.63, 3.8) is 0 Å². The Morgan fingerprint density at radius 3 is 1.58 bits per heavy atom. The van der Waals surface area contributed by atoms with Crippen LogP contribution in [0.1, 0.15) is 0 Å². The standard InChI is InChI=1S/C6H6O4S2/c11-5-7-1-3(9-5)4-2-8-6(12)10-4/h3-4H,1-2H2/t3-,4-/m0/s1. The van der Waals surface area contributed by atoms with E-state index in [-0.39, 0.29) is 22.7 Å². The molecule has 0 aliphatic carbocycles. The lowest BCUT2D eigenvalue weighted by Gasteiger charge is -2.10.